The van der Waals surface area contributed by atoms with Crippen LogP contribution in [0.3, 0.4) is 0 Å². The molecule has 0 aromatic heterocycles. The van der Waals surface area contributed by atoms with Gasteiger partial charge in [0.2, 0.25) is 6.29 Å². The maximum Gasteiger partial charge on any atom is 0.317 e. The summed E-state index contributed by atoms with van der Waals surface area (Å²) in [6.07, 6.45) is -0.384. The molecule has 13 heavy (non-hydrogen) atoms. The Morgan fingerprint density at radius 1 is 1.62 bits per heavy atom. The van der Waals surface area contributed by atoms with Crippen LogP contribution in [0.4, 0.5) is 4.79 Å². The Morgan fingerprint density at radius 2 is 2.46 bits per heavy atom. The van der Waals surface area contributed by atoms with E-state index in [2.05, 4.69) is 10.6 Å². The minimum absolute atomic E-state index is 0.115. The van der Waals surface area contributed by atoms with Crippen molar-refractivity contribution >= 4 is 6.03 Å². The zero-order chi connectivity index (χ0) is 9.05. The molecule has 6 heteroatoms. The van der Waals surface area contributed by atoms with Gasteiger partial charge in [0.25, 0.3) is 0 Å². The van der Waals surface area contributed by atoms with E-state index in [1.165, 1.54) is 0 Å². The molecule has 0 spiro atoms. The second-order valence-electron chi connectivity index (χ2n) is 3.67. The minimum Gasteiger partial charge on any atom is -0.366 e. The van der Waals surface area contributed by atoms with Crippen LogP contribution in [-0.2, 0) is 9.47 Å². The van der Waals surface area contributed by atoms with Crippen molar-refractivity contribution in [2.24, 2.45) is 0 Å². The molecule has 3 N–H and O–H groups in total. The zero-order valence-corrected chi connectivity index (χ0v) is 6.82. The molecule has 72 valence electrons. The SMILES string of the molecule is O=C1N[C@@H]2C[C@](O)(N1)[C@H]1OC[C@@H]2O1. The number of amides is 2. The van der Waals surface area contributed by atoms with Gasteiger partial charge >= 0.3 is 6.03 Å². The molecule has 3 aliphatic rings. The molecule has 0 unspecified atom stereocenters. The van der Waals surface area contributed by atoms with Crippen LogP contribution in [-0.4, -0.2) is 41.9 Å². The summed E-state index contributed by atoms with van der Waals surface area (Å²) in [6, 6.07) is -0.500. The molecule has 0 radical (unpaired) electrons. The van der Waals surface area contributed by atoms with E-state index in [0.29, 0.717) is 13.0 Å². The molecule has 0 aromatic rings. The van der Waals surface area contributed by atoms with E-state index < -0.39 is 12.0 Å². The first kappa shape index (κ1) is 7.54. The summed E-state index contributed by atoms with van der Waals surface area (Å²) in [4.78, 5) is 11.1. The normalized spacial score (nSPS) is 52.7. The van der Waals surface area contributed by atoms with Gasteiger partial charge < -0.3 is 25.2 Å². The number of aliphatic hydroxyl groups is 1. The first-order chi connectivity index (χ1) is 6.17. The fraction of sp³-hybridized carbons (Fsp3) is 0.857. The molecule has 3 rings (SSSR count). The van der Waals surface area contributed by atoms with Crippen LogP contribution in [0.25, 0.3) is 0 Å². The van der Waals surface area contributed by atoms with E-state index in [-0.39, 0.29) is 18.2 Å². The number of carbonyl (C=O) groups is 1. The third-order valence-electron chi connectivity index (χ3n) is 2.73. The van der Waals surface area contributed by atoms with E-state index in [1.54, 1.807) is 0 Å². The van der Waals surface area contributed by atoms with Gasteiger partial charge in [-0.25, -0.2) is 4.79 Å². The third kappa shape index (κ3) is 0.903. The fourth-order valence-corrected chi connectivity index (χ4v) is 2.10. The van der Waals surface area contributed by atoms with Crippen molar-refractivity contribution in [2.75, 3.05) is 6.61 Å². The lowest BCUT2D eigenvalue weighted by Crippen LogP contribution is -2.71. The van der Waals surface area contributed by atoms with Crippen LogP contribution in [0.5, 0.6) is 0 Å². The Balaban J connectivity index is 1.97. The van der Waals surface area contributed by atoms with Crippen molar-refractivity contribution in [3.8, 4) is 0 Å². The average molecular weight is 186 g/mol. The summed E-state index contributed by atoms with van der Waals surface area (Å²) in [7, 11) is 0. The van der Waals surface area contributed by atoms with Gasteiger partial charge in [-0.05, 0) is 0 Å². The minimum atomic E-state index is -1.35. The smallest absolute Gasteiger partial charge is 0.317 e. The van der Waals surface area contributed by atoms with E-state index in [1.807, 2.05) is 0 Å². The van der Waals surface area contributed by atoms with E-state index in [9.17, 15) is 9.90 Å². The van der Waals surface area contributed by atoms with E-state index in [4.69, 9.17) is 9.47 Å². The summed E-state index contributed by atoms with van der Waals surface area (Å²) in [5.41, 5.74) is -1.35. The maximum atomic E-state index is 11.1. The van der Waals surface area contributed by atoms with Crippen LogP contribution in [0.15, 0.2) is 0 Å². The molecular weight excluding hydrogens is 176 g/mol. The lowest BCUT2D eigenvalue weighted by molar-refractivity contribution is -0.231. The number of ether oxygens (including phenoxy) is 2. The third-order valence-corrected chi connectivity index (χ3v) is 2.73. The number of rotatable bonds is 0. The van der Waals surface area contributed by atoms with Crippen LogP contribution < -0.4 is 10.6 Å². The van der Waals surface area contributed by atoms with Crippen molar-refractivity contribution in [1.29, 1.82) is 0 Å². The van der Waals surface area contributed by atoms with E-state index in [0.717, 1.165) is 0 Å². The Bertz CT molecular complexity index is 271. The predicted octanol–water partition coefficient (Wildman–Crippen LogP) is -1.50. The number of hydrogen-bond donors (Lipinski definition) is 3. The van der Waals surface area contributed by atoms with E-state index >= 15 is 0 Å². The van der Waals surface area contributed by atoms with Gasteiger partial charge in [0.1, 0.15) is 6.10 Å². The molecule has 3 fully saturated rings. The van der Waals surface area contributed by atoms with Gasteiger partial charge in [0.15, 0.2) is 5.72 Å². The molecule has 0 aliphatic carbocycles. The summed E-state index contributed by atoms with van der Waals surface area (Å²) < 4.78 is 10.6. The number of fused-ring (bicyclic) bond motifs is 6. The standard InChI is InChI=1S/C7H10N2O4/c10-6-8-3-1-7(11,9-6)5-12-2-4(3)13-5/h3-5,11H,1-2H2,(H2,8,9,10)/t3-,4+,5+,7-/m1/s1. The number of urea groups is 1. The first-order valence-electron chi connectivity index (χ1n) is 4.25. The Morgan fingerprint density at radius 3 is 3.31 bits per heavy atom. The molecule has 3 aliphatic heterocycles. The van der Waals surface area contributed by atoms with Gasteiger partial charge in [-0.3, -0.25) is 0 Å². The largest absolute Gasteiger partial charge is 0.366 e. The van der Waals surface area contributed by atoms with Crippen LogP contribution in [0, 0.1) is 0 Å². The van der Waals surface area contributed by atoms with Gasteiger partial charge in [-0.1, -0.05) is 0 Å². The number of carbonyl (C=O) groups excluding carboxylic acids is 1. The van der Waals surface area contributed by atoms with Gasteiger partial charge in [0.05, 0.1) is 12.6 Å². The monoisotopic (exact) mass is 186 g/mol. The van der Waals surface area contributed by atoms with Crippen LogP contribution in [0.1, 0.15) is 6.42 Å². The molecule has 4 atom stereocenters. The Kier molecular flexibility index (Phi) is 1.24. The Hall–Kier alpha value is -0.850. The van der Waals surface area contributed by atoms with Gasteiger partial charge in [0, 0.05) is 6.42 Å². The maximum absolute atomic E-state index is 11.1. The van der Waals surface area contributed by atoms with Crippen molar-refractivity contribution in [1.82, 2.24) is 10.6 Å². The fourth-order valence-electron chi connectivity index (χ4n) is 2.10. The highest BCUT2D eigenvalue weighted by Gasteiger charge is 2.56. The van der Waals surface area contributed by atoms with Crippen LogP contribution in [0.2, 0.25) is 0 Å². The highest BCUT2D eigenvalue weighted by molar-refractivity contribution is 5.76. The van der Waals surface area contributed by atoms with Gasteiger partial charge in [-0.15, -0.1) is 0 Å². The average Bonchev–Trinajstić information content (AvgIpc) is 2.46. The topological polar surface area (TPSA) is 79.8 Å². The predicted molar refractivity (Wildman–Crippen MR) is 39.6 cm³/mol. The quantitative estimate of drug-likeness (QED) is 0.430. The van der Waals surface area contributed by atoms with Crippen molar-refractivity contribution in [2.45, 2.75) is 30.6 Å². The summed E-state index contributed by atoms with van der Waals surface area (Å²) in [5.74, 6) is 0. The summed E-state index contributed by atoms with van der Waals surface area (Å²) >= 11 is 0. The number of nitrogens with one attached hydrogen (secondary N) is 2. The molecule has 6 nitrogen and oxygen atoms in total. The molecule has 3 saturated heterocycles. The second kappa shape index (κ2) is 2.14. The lowest BCUT2D eigenvalue weighted by atomic mass is 9.95. The molecule has 3 heterocycles. The highest BCUT2D eigenvalue weighted by Crippen LogP contribution is 2.35. The lowest BCUT2D eigenvalue weighted by Gasteiger charge is -2.44. The molecular formula is C7H10N2O4. The zero-order valence-electron chi connectivity index (χ0n) is 6.82. The molecule has 4 bridgehead atoms. The van der Waals surface area contributed by atoms with Crippen molar-refractivity contribution in [3.63, 3.8) is 0 Å². The summed E-state index contributed by atoms with van der Waals surface area (Å²) in [6.45, 7) is 0.430. The first-order valence-corrected chi connectivity index (χ1v) is 4.25. The van der Waals surface area contributed by atoms with Gasteiger partial charge in [-0.2, -0.15) is 0 Å². The molecule has 2 amide bonds. The Labute approximate surface area is 74.2 Å². The second-order valence-corrected chi connectivity index (χ2v) is 3.67. The highest BCUT2D eigenvalue weighted by atomic mass is 16.7. The number of hydrogen-bond acceptors (Lipinski definition) is 4. The summed E-state index contributed by atoms with van der Waals surface area (Å²) in [5, 5.41) is 15.0. The molecule has 0 saturated carbocycles. The van der Waals surface area contributed by atoms with Crippen molar-refractivity contribution in [3.05, 3.63) is 0 Å². The van der Waals surface area contributed by atoms with Crippen molar-refractivity contribution < 1.29 is 19.4 Å². The van der Waals surface area contributed by atoms with Crippen LogP contribution >= 0.6 is 0 Å². The molecule has 0 aromatic carbocycles.